The number of halogens is 1. The molecule has 1 aliphatic rings. The average molecular weight is 419 g/mol. The number of benzene rings is 1. The van der Waals surface area contributed by atoms with Crippen molar-refractivity contribution in [2.45, 2.75) is 35.1 Å². The topological polar surface area (TPSA) is 102 Å². The Labute approximate surface area is 157 Å². The maximum absolute atomic E-state index is 12.9. The molecule has 0 bridgehead atoms. The molecule has 2 heterocycles. The van der Waals surface area contributed by atoms with Gasteiger partial charge in [0.2, 0.25) is 25.0 Å². The number of hydrogen-bond donors (Lipinski definition) is 0. The molecular formula is C15H19ClN4O4S2. The lowest BCUT2D eigenvalue weighted by molar-refractivity contribution is 0.344. The number of hydrogen-bond acceptors (Lipinski definition) is 6. The van der Waals surface area contributed by atoms with Crippen LogP contribution in [0.5, 0.6) is 0 Å². The summed E-state index contributed by atoms with van der Waals surface area (Å²) in [6.45, 7) is 1.95. The van der Waals surface area contributed by atoms with Gasteiger partial charge >= 0.3 is 0 Å². The van der Waals surface area contributed by atoms with Gasteiger partial charge in [-0.1, -0.05) is 17.7 Å². The summed E-state index contributed by atoms with van der Waals surface area (Å²) in [5.74, 6) is 0. The van der Waals surface area contributed by atoms with Gasteiger partial charge in [0.15, 0.2) is 0 Å². The van der Waals surface area contributed by atoms with Crippen molar-refractivity contribution in [1.29, 1.82) is 0 Å². The van der Waals surface area contributed by atoms with E-state index in [9.17, 15) is 16.8 Å². The molecular weight excluding hydrogens is 400 g/mol. The van der Waals surface area contributed by atoms with Crippen molar-refractivity contribution in [3.05, 3.63) is 35.1 Å². The highest BCUT2D eigenvalue weighted by Gasteiger charge is 2.38. The molecule has 0 amide bonds. The largest absolute Gasteiger partial charge is 0.308 e. The number of sulfonamides is 1. The minimum absolute atomic E-state index is 0.0931. The monoisotopic (exact) mass is 418 g/mol. The van der Waals surface area contributed by atoms with Crippen molar-refractivity contribution in [2.24, 2.45) is 7.05 Å². The predicted molar refractivity (Wildman–Crippen MR) is 96.2 cm³/mol. The zero-order chi connectivity index (χ0) is 19.1. The summed E-state index contributed by atoms with van der Waals surface area (Å²) in [6, 6.07) is 4.71. The molecule has 1 aromatic carbocycles. The van der Waals surface area contributed by atoms with E-state index < -0.39 is 25.1 Å². The van der Waals surface area contributed by atoms with Crippen LogP contribution in [0.3, 0.4) is 0 Å². The van der Waals surface area contributed by atoms with Gasteiger partial charge in [-0.3, -0.25) is 0 Å². The Bertz CT molecular complexity index is 1030. The Morgan fingerprint density at radius 3 is 2.38 bits per heavy atom. The molecule has 0 aliphatic carbocycles. The average Bonchev–Trinajstić information content (AvgIpc) is 3.04. The number of aromatic nitrogens is 3. The first-order valence-electron chi connectivity index (χ1n) is 7.98. The van der Waals surface area contributed by atoms with E-state index in [1.807, 2.05) is 0 Å². The van der Waals surface area contributed by atoms with E-state index in [0.29, 0.717) is 10.6 Å². The molecule has 0 N–H and O–H groups in total. The van der Waals surface area contributed by atoms with Gasteiger partial charge in [0.05, 0.1) is 10.1 Å². The van der Waals surface area contributed by atoms with Crippen molar-refractivity contribution in [2.75, 3.05) is 13.1 Å². The first kappa shape index (κ1) is 19.3. The second-order valence-corrected chi connectivity index (χ2v) is 10.7. The molecule has 3 rings (SSSR count). The highest BCUT2D eigenvalue weighted by atomic mass is 35.5. The van der Waals surface area contributed by atoms with Crippen LogP contribution in [-0.4, -0.2) is 54.2 Å². The number of sulfone groups is 1. The molecule has 2 aromatic rings. The molecule has 1 saturated heterocycles. The standard InChI is InChI=1S/C15H19ClN4O4S2/c1-11-3-4-12(16)9-14(11)26(23,24)20-7-5-13(6-8-20)25(21,22)15-18-17-10-19(15)2/h3-4,9-10,13H,5-8H2,1-2H3. The fraction of sp³-hybridized carbons (Fsp3) is 0.467. The molecule has 0 saturated carbocycles. The SMILES string of the molecule is Cc1ccc(Cl)cc1S(=O)(=O)N1CCC(S(=O)(=O)c2nncn2C)CC1. The molecule has 26 heavy (non-hydrogen) atoms. The van der Waals surface area contributed by atoms with Crippen molar-refractivity contribution < 1.29 is 16.8 Å². The van der Waals surface area contributed by atoms with Gasteiger partial charge in [-0.25, -0.2) is 16.8 Å². The summed E-state index contributed by atoms with van der Waals surface area (Å²) in [4.78, 5) is 0.152. The van der Waals surface area contributed by atoms with Crippen LogP contribution in [0.25, 0.3) is 0 Å². The fourth-order valence-electron chi connectivity index (χ4n) is 3.05. The Morgan fingerprint density at radius 2 is 1.81 bits per heavy atom. The van der Waals surface area contributed by atoms with E-state index in [4.69, 9.17) is 11.6 Å². The minimum Gasteiger partial charge on any atom is -0.308 e. The van der Waals surface area contributed by atoms with E-state index in [1.54, 1.807) is 26.1 Å². The summed E-state index contributed by atoms with van der Waals surface area (Å²) < 4.78 is 53.8. The highest BCUT2D eigenvalue weighted by molar-refractivity contribution is 7.92. The maximum atomic E-state index is 12.9. The van der Waals surface area contributed by atoms with E-state index in [1.165, 1.54) is 21.3 Å². The van der Waals surface area contributed by atoms with E-state index in [-0.39, 0.29) is 36.0 Å². The molecule has 8 nitrogen and oxygen atoms in total. The van der Waals surface area contributed by atoms with Gasteiger partial charge in [0, 0.05) is 25.2 Å². The van der Waals surface area contributed by atoms with Crippen LogP contribution in [0, 0.1) is 6.92 Å². The van der Waals surface area contributed by atoms with Crippen molar-refractivity contribution in [3.8, 4) is 0 Å². The van der Waals surface area contributed by atoms with Crippen LogP contribution in [-0.2, 0) is 26.9 Å². The number of nitrogens with zero attached hydrogens (tertiary/aromatic N) is 4. The predicted octanol–water partition coefficient (Wildman–Crippen LogP) is 1.40. The van der Waals surface area contributed by atoms with Gasteiger partial charge in [0.25, 0.3) is 0 Å². The second-order valence-electron chi connectivity index (χ2n) is 6.28. The third-order valence-corrected chi connectivity index (χ3v) is 9.04. The van der Waals surface area contributed by atoms with E-state index >= 15 is 0 Å². The zero-order valence-electron chi connectivity index (χ0n) is 14.3. The molecule has 1 aliphatic heterocycles. The quantitative estimate of drug-likeness (QED) is 0.743. The molecule has 11 heteroatoms. The maximum Gasteiger partial charge on any atom is 0.249 e. The summed E-state index contributed by atoms with van der Waals surface area (Å²) in [5.41, 5.74) is 0.600. The Balaban J connectivity index is 1.80. The van der Waals surface area contributed by atoms with E-state index in [0.717, 1.165) is 0 Å². The van der Waals surface area contributed by atoms with Crippen molar-refractivity contribution in [3.63, 3.8) is 0 Å². The van der Waals surface area contributed by atoms with E-state index in [2.05, 4.69) is 10.2 Å². The lowest BCUT2D eigenvalue weighted by atomic mass is 10.2. The number of piperidine rings is 1. The lowest BCUT2D eigenvalue weighted by Gasteiger charge is -2.31. The third kappa shape index (κ3) is 3.38. The van der Waals surface area contributed by atoms with Crippen molar-refractivity contribution >= 4 is 31.5 Å². The molecule has 0 atom stereocenters. The van der Waals surface area contributed by atoms with Crippen LogP contribution in [0.1, 0.15) is 18.4 Å². The van der Waals surface area contributed by atoms with Gasteiger partial charge in [0.1, 0.15) is 6.33 Å². The molecule has 0 spiro atoms. The Kier molecular flexibility index (Phi) is 5.13. The van der Waals surface area contributed by atoms with Crippen LogP contribution >= 0.6 is 11.6 Å². The lowest BCUT2D eigenvalue weighted by Crippen LogP contribution is -2.43. The first-order chi connectivity index (χ1) is 12.1. The Morgan fingerprint density at radius 1 is 1.15 bits per heavy atom. The molecule has 1 aromatic heterocycles. The minimum atomic E-state index is -3.73. The van der Waals surface area contributed by atoms with Gasteiger partial charge in [-0.05, 0) is 37.5 Å². The Hall–Kier alpha value is -1.49. The summed E-state index contributed by atoms with van der Waals surface area (Å²) in [7, 11) is -5.81. The molecule has 1 fully saturated rings. The highest BCUT2D eigenvalue weighted by Crippen LogP contribution is 2.29. The van der Waals surface area contributed by atoms with Crippen molar-refractivity contribution in [1.82, 2.24) is 19.1 Å². The van der Waals surface area contributed by atoms with Gasteiger partial charge < -0.3 is 4.57 Å². The molecule has 142 valence electrons. The normalized spacial score (nSPS) is 17.5. The van der Waals surface area contributed by atoms with Crippen LogP contribution < -0.4 is 0 Å². The summed E-state index contributed by atoms with van der Waals surface area (Å²) in [6.07, 6.45) is 1.73. The van der Waals surface area contributed by atoms with Crippen LogP contribution in [0.15, 0.2) is 34.6 Å². The zero-order valence-corrected chi connectivity index (χ0v) is 16.7. The fourth-order valence-corrected chi connectivity index (χ4v) is 6.75. The summed E-state index contributed by atoms with van der Waals surface area (Å²) in [5, 5.41) is 6.85. The van der Waals surface area contributed by atoms with Gasteiger partial charge in [-0.15, -0.1) is 10.2 Å². The molecule has 0 radical (unpaired) electrons. The smallest absolute Gasteiger partial charge is 0.249 e. The first-order valence-corrected chi connectivity index (χ1v) is 11.3. The van der Waals surface area contributed by atoms with Crippen LogP contribution in [0.4, 0.5) is 0 Å². The number of rotatable bonds is 4. The molecule has 0 unspecified atom stereocenters. The van der Waals surface area contributed by atoms with Gasteiger partial charge in [-0.2, -0.15) is 4.31 Å². The second kappa shape index (κ2) is 6.91. The summed E-state index contributed by atoms with van der Waals surface area (Å²) >= 11 is 5.94. The van der Waals surface area contributed by atoms with Crippen LogP contribution in [0.2, 0.25) is 5.02 Å². The third-order valence-electron chi connectivity index (χ3n) is 4.53. The number of aryl methyl sites for hydroxylation is 2.